The van der Waals surface area contributed by atoms with Crippen LogP contribution in [0, 0.1) is 12.8 Å². The number of aryl methyl sites for hydroxylation is 1. The van der Waals surface area contributed by atoms with E-state index in [-0.39, 0.29) is 11.6 Å². The molecular weight excluding hydrogens is 276 g/mol. The van der Waals surface area contributed by atoms with Crippen molar-refractivity contribution in [3.05, 3.63) is 11.3 Å². The number of nitrogens with two attached hydrogens (primary N) is 1. The van der Waals surface area contributed by atoms with Gasteiger partial charge in [0.1, 0.15) is 0 Å². The first kappa shape index (κ1) is 17.1. The van der Waals surface area contributed by atoms with Crippen LogP contribution < -0.4 is 5.73 Å². The highest BCUT2D eigenvalue weighted by atomic mass is 32.2. The van der Waals surface area contributed by atoms with E-state index in [9.17, 15) is 8.42 Å². The van der Waals surface area contributed by atoms with Gasteiger partial charge in [-0.2, -0.15) is 9.40 Å². The highest BCUT2D eigenvalue weighted by molar-refractivity contribution is 7.89. The summed E-state index contributed by atoms with van der Waals surface area (Å²) in [5.41, 5.74) is 6.93. The Balaban J connectivity index is 3.12. The third-order valence-electron chi connectivity index (χ3n) is 3.79. The minimum absolute atomic E-state index is 0.0744. The van der Waals surface area contributed by atoms with Gasteiger partial charge in [0.15, 0.2) is 5.03 Å². The summed E-state index contributed by atoms with van der Waals surface area (Å²) in [6, 6.07) is 0. The molecule has 0 aliphatic rings. The van der Waals surface area contributed by atoms with Crippen LogP contribution in [0.2, 0.25) is 0 Å². The molecular formula is C13H26N4O2S. The summed E-state index contributed by atoms with van der Waals surface area (Å²) in [6.07, 6.45) is 1.93. The third kappa shape index (κ3) is 3.39. The lowest BCUT2D eigenvalue weighted by Gasteiger charge is -2.24. The summed E-state index contributed by atoms with van der Waals surface area (Å²) in [7, 11) is -3.58. The van der Waals surface area contributed by atoms with Crippen molar-refractivity contribution in [3.63, 3.8) is 0 Å². The minimum Gasteiger partial charge on any atom is -0.326 e. The fourth-order valence-electron chi connectivity index (χ4n) is 2.24. The lowest BCUT2D eigenvalue weighted by Crippen LogP contribution is -2.36. The largest absolute Gasteiger partial charge is 0.326 e. The predicted octanol–water partition coefficient (Wildman–Crippen LogP) is 1.62. The number of hydrogen-bond donors (Lipinski definition) is 2. The lowest BCUT2D eigenvalue weighted by atomic mass is 10.0. The van der Waals surface area contributed by atoms with Gasteiger partial charge in [-0.05, 0) is 12.8 Å². The normalized spacial score (nSPS) is 12.6. The van der Waals surface area contributed by atoms with Crippen molar-refractivity contribution in [3.8, 4) is 0 Å². The molecule has 0 radical (unpaired) electrons. The van der Waals surface area contributed by atoms with E-state index >= 15 is 0 Å². The average Bonchev–Trinajstić information content (AvgIpc) is 2.81. The Kier molecular flexibility index (Phi) is 6.16. The molecule has 6 nitrogen and oxygen atoms in total. The molecule has 3 N–H and O–H groups in total. The number of hydrogen-bond acceptors (Lipinski definition) is 4. The van der Waals surface area contributed by atoms with Crippen LogP contribution in [0.25, 0.3) is 0 Å². The van der Waals surface area contributed by atoms with Crippen molar-refractivity contribution >= 4 is 10.0 Å². The van der Waals surface area contributed by atoms with Crippen LogP contribution in [0.1, 0.15) is 44.9 Å². The van der Waals surface area contributed by atoms with Crippen molar-refractivity contribution in [2.24, 2.45) is 11.7 Å². The van der Waals surface area contributed by atoms with E-state index in [0.717, 1.165) is 12.8 Å². The van der Waals surface area contributed by atoms with Gasteiger partial charge in [-0.25, -0.2) is 8.42 Å². The van der Waals surface area contributed by atoms with Crippen molar-refractivity contribution < 1.29 is 8.42 Å². The van der Waals surface area contributed by atoms with Gasteiger partial charge >= 0.3 is 0 Å². The molecule has 0 aromatic carbocycles. The molecule has 0 aliphatic heterocycles. The molecule has 0 bridgehead atoms. The zero-order valence-corrected chi connectivity index (χ0v) is 13.6. The first-order valence-corrected chi connectivity index (χ1v) is 8.60. The Bertz CT molecular complexity index is 520. The van der Waals surface area contributed by atoms with Crippen LogP contribution >= 0.6 is 0 Å². The van der Waals surface area contributed by atoms with Gasteiger partial charge in [0.05, 0.1) is 0 Å². The third-order valence-corrected chi connectivity index (χ3v) is 5.71. The second-order valence-electron chi connectivity index (χ2n) is 4.97. The van der Waals surface area contributed by atoms with E-state index in [1.54, 1.807) is 6.92 Å². The van der Waals surface area contributed by atoms with Gasteiger partial charge in [-0.1, -0.05) is 33.6 Å². The second-order valence-corrected chi connectivity index (χ2v) is 6.83. The number of sulfonamides is 1. The standard InChI is InChI=1S/C13H26N4O2S/c1-5-11(6-2)9-17(7-3)20(18,19)13-12(8-14)10(4)15-16-13/h11H,5-9,14H2,1-4H3,(H,15,16). The zero-order chi connectivity index (χ0) is 15.3. The summed E-state index contributed by atoms with van der Waals surface area (Å²) in [5.74, 6) is 0.367. The lowest BCUT2D eigenvalue weighted by molar-refractivity contribution is 0.338. The van der Waals surface area contributed by atoms with E-state index in [1.807, 2.05) is 6.92 Å². The minimum atomic E-state index is -3.58. The Labute approximate surface area is 121 Å². The number of aromatic amines is 1. The van der Waals surface area contributed by atoms with E-state index in [2.05, 4.69) is 24.0 Å². The molecule has 20 heavy (non-hydrogen) atoms. The first-order valence-electron chi connectivity index (χ1n) is 7.16. The van der Waals surface area contributed by atoms with Crippen molar-refractivity contribution in [2.75, 3.05) is 13.1 Å². The van der Waals surface area contributed by atoms with Crippen LogP contribution in [0.3, 0.4) is 0 Å². The zero-order valence-electron chi connectivity index (χ0n) is 12.8. The van der Waals surface area contributed by atoms with Crippen molar-refractivity contribution in [1.29, 1.82) is 0 Å². The van der Waals surface area contributed by atoms with Gasteiger partial charge < -0.3 is 5.73 Å². The van der Waals surface area contributed by atoms with Crippen molar-refractivity contribution in [2.45, 2.75) is 52.1 Å². The summed E-state index contributed by atoms with van der Waals surface area (Å²) in [4.78, 5) is 0. The first-order chi connectivity index (χ1) is 9.42. The predicted molar refractivity (Wildman–Crippen MR) is 79.7 cm³/mol. The quantitative estimate of drug-likeness (QED) is 0.763. The van der Waals surface area contributed by atoms with E-state index in [4.69, 9.17) is 5.73 Å². The molecule has 0 aliphatic carbocycles. The van der Waals surface area contributed by atoms with Gasteiger partial charge in [-0.15, -0.1) is 0 Å². The van der Waals surface area contributed by atoms with Gasteiger partial charge in [0.25, 0.3) is 10.0 Å². The maximum absolute atomic E-state index is 12.7. The van der Waals surface area contributed by atoms with Crippen LogP contribution in [0.5, 0.6) is 0 Å². The molecule has 1 heterocycles. The molecule has 0 saturated carbocycles. The van der Waals surface area contributed by atoms with Crippen LogP contribution in [-0.2, 0) is 16.6 Å². The Morgan fingerprint density at radius 1 is 1.30 bits per heavy atom. The Hall–Kier alpha value is -0.920. The molecule has 0 atom stereocenters. The summed E-state index contributed by atoms with van der Waals surface area (Å²) in [6.45, 7) is 8.93. The van der Waals surface area contributed by atoms with Gasteiger partial charge in [-0.3, -0.25) is 5.10 Å². The number of rotatable bonds is 8. The molecule has 0 saturated heterocycles. The molecule has 0 unspecified atom stereocenters. The van der Waals surface area contributed by atoms with Crippen LogP contribution in [0.4, 0.5) is 0 Å². The molecule has 1 aromatic rings. The Morgan fingerprint density at radius 3 is 2.35 bits per heavy atom. The maximum atomic E-state index is 12.7. The van der Waals surface area contributed by atoms with Gasteiger partial charge in [0.2, 0.25) is 0 Å². The van der Waals surface area contributed by atoms with Crippen LogP contribution in [-0.4, -0.2) is 36.0 Å². The molecule has 116 valence electrons. The molecule has 0 amide bonds. The second kappa shape index (κ2) is 7.19. The van der Waals surface area contributed by atoms with Crippen molar-refractivity contribution in [1.82, 2.24) is 14.5 Å². The Morgan fingerprint density at radius 2 is 1.90 bits per heavy atom. The maximum Gasteiger partial charge on any atom is 0.262 e. The topological polar surface area (TPSA) is 92.1 Å². The summed E-state index contributed by atoms with van der Waals surface area (Å²) < 4.78 is 26.9. The fraction of sp³-hybridized carbons (Fsp3) is 0.769. The van der Waals surface area contributed by atoms with E-state index in [0.29, 0.717) is 30.3 Å². The number of nitrogens with one attached hydrogen (secondary N) is 1. The number of H-pyrrole nitrogens is 1. The fourth-order valence-corrected chi connectivity index (χ4v) is 3.94. The molecule has 7 heteroatoms. The highest BCUT2D eigenvalue weighted by Gasteiger charge is 2.30. The molecule has 0 spiro atoms. The van der Waals surface area contributed by atoms with E-state index in [1.165, 1.54) is 4.31 Å². The molecule has 0 fully saturated rings. The molecule has 1 rings (SSSR count). The summed E-state index contributed by atoms with van der Waals surface area (Å²) >= 11 is 0. The SMILES string of the molecule is CCC(CC)CN(CC)S(=O)(=O)c1n[nH]c(C)c1CN. The van der Waals surface area contributed by atoms with Crippen LogP contribution in [0.15, 0.2) is 5.03 Å². The van der Waals surface area contributed by atoms with E-state index < -0.39 is 10.0 Å². The molecule has 1 aromatic heterocycles. The smallest absolute Gasteiger partial charge is 0.262 e. The summed E-state index contributed by atoms with van der Waals surface area (Å²) in [5, 5.41) is 6.74. The number of nitrogens with zero attached hydrogens (tertiary/aromatic N) is 2. The average molecular weight is 302 g/mol. The van der Waals surface area contributed by atoms with Gasteiger partial charge in [0, 0.05) is 30.9 Å². The monoisotopic (exact) mass is 302 g/mol. The number of aromatic nitrogens is 2. The highest BCUT2D eigenvalue weighted by Crippen LogP contribution is 2.22.